The predicted molar refractivity (Wildman–Crippen MR) is 49.0 cm³/mol. The number of halogens is 1. The van der Waals surface area contributed by atoms with Crippen molar-refractivity contribution in [3.63, 3.8) is 0 Å². The number of rotatable bonds is 1. The molecule has 9 heavy (non-hydrogen) atoms. The van der Waals surface area contributed by atoms with Gasteiger partial charge >= 0.3 is 0 Å². The SMILES string of the molecule is CC(C)/C(N=CI)=N/N. The highest BCUT2D eigenvalue weighted by molar-refractivity contribution is 14.1. The lowest BCUT2D eigenvalue weighted by Crippen LogP contribution is -2.06. The molecule has 0 saturated heterocycles. The lowest BCUT2D eigenvalue weighted by atomic mass is 10.2. The van der Waals surface area contributed by atoms with Gasteiger partial charge in [-0.1, -0.05) is 13.8 Å². The third-order valence-corrected chi connectivity index (χ3v) is 1.11. The molecule has 0 saturated carbocycles. The molecule has 0 aliphatic carbocycles. The van der Waals surface area contributed by atoms with Gasteiger partial charge in [0.15, 0.2) is 5.84 Å². The zero-order valence-corrected chi connectivity index (χ0v) is 7.66. The molecule has 0 heterocycles. The fourth-order valence-corrected chi connectivity index (χ4v) is 0.667. The van der Waals surface area contributed by atoms with Crippen LogP contribution >= 0.6 is 22.6 Å². The summed E-state index contributed by atoms with van der Waals surface area (Å²) in [6, 6.07) is 0. The number of hydrazone groups is 1. The van der Waals surface area contributed by atoms with Crippen molar-refractivity contribution in [2.45, 2.75) is 13.8 Å². The second-order valence-electron chi connectivity index (χ2n) is 1.87. The van der Waals surface area contributed by atoms with E-state index in [-0.39, 0.29) is 0 Å². The molecule has 3 nitrogen and oxygen atoms in total. The van der Waals surface area contributed by atoms with Crippen LogP contribution in [-0.2, 0) is 0 Å². The van der Waals surface area contributed by atoms with E-state index in [4.69, 9.17) is 5.84 Å². The molecule has 0 radical (unpaired) electrons. The van der Waals surface area contributed by atoms with Crippen LogP contribution in [0.2, 0.25) is 0 Å². The molecule has 0 fully saturated rings. The van der Waals surface area contributed by atoms with Gasteiger partial charge in [0.2, 0.25) is 0 Å². The number of nitrogens with two attached hydrogens (primary N) is 1. The topological polar surface area (TPSA) is 50.7 Å². The Bertz CT molecular complexity index is 128. The smallest absolute Gasteiger partial charge is 0.150 e. The van der Waals surface area contributed by atoms with Crippen molar-refractivity contribution in [3.8, 4) is 0 Å². The molecular weight excluding hydrogens is 229 g/mol. The normalized spacial score (nSPS) is 13.6. The zero-order chi connectivity index (χ0) is 7.28. The highest BCUT2D eigenvalue weighted by atomic mass is 127. The molecule has 0 aliphatic heterocycles. The Hall–Kier alpha value is -0.130. The Morgan fingerprint density at radius 3 is 2.33 bits per heavy atom. The van der Waals surface area contributed by atoms with Crippen molar-refractivity contribution in [2.75, 3.05) is 0 Å². The molecule has 0 rings (SSSR count). The van der Waals surface area contributed by atoms with Gasteiger partial charge < -0.3 is 5.84 Å². The van der Waals surface area contributed by atoms with E-state index in [1.165, 1.54) is 0 Å². The molecule has 0 atom stereocenters. The third-order valence-electron chi connectivity index (χ3n) is 0.830. The number of hydrogen-bond acceptors (Lipinski definition) is 2. The Balaban J connectivity index is 4.01. The van der Waals surface area contributed by atoms with Gasteiger partial charge in [0, 0.05) is 5.92 Å². The monoisotopic (exact) mass is 239 g/mol. The van der Waals surface area contributed by atoms with Crippen LogP contribution < -0.4 is 5.84 Å². The van der Waals surface area contributed by atoms with Gasteiger partial charge in [-0.3, -0.25) is 0 Å². The number of hydrogen-bond donors (Lipinski definition) is 1. The molecule has 0 amide bonds. The molecule has 0 unspecified atom stereocenters. The van der Waals surface area contributed by atoms with Crippen LogP contribution in [0.1, 0.15) is 13.8 Å². The molecule has 0 aromatic carbocycles. The van der Waals surface area contributed by atoms with Crippen LogP contribution in [-0.4, -0.2) is 10.1 Å². The average molecular weight is 239 g/mol. The van der Waals surface area contributed by atoms with Crippen molar-refractivity contribution in [3.05, 3.63) is 0 Å². The van der Waals surface area contributed by atoms with E-state index in [9.17, 15) is 0 Å². The average Bonchev–Trinajstić information content (AvgIpc) is 1.82. The second kappa shape index (κ2) is 4.72. The minimum atomic E-state index is 0.306. The van der Waals surface area contributed by atoms with E-state index >= 15 is 0 Å². The summed E-state index contributed by atoms with van der Waals surface area (Å²) in [5.41, 5.74) is 0. The van der Waals surface area contributed by atoms with Crippen molar-refractivity contribution >= 4 is 32.6 Å². The standard InChI is InChI=1S/C5H10IN3/c1-4(2)5(9-7)8-3-6/h3-4H,7H2,1-2H3/b8-3?,9-5-. The van der Waals surface area contributed by atoms with E-state index in [1.807, 2.05) is 36.4 Å². The lowest BCUT2D eigenvalue weighted by Gasteiger charge is -1.99. The van der Waals surface area contributed by atoms with Crippen LogP contribution in [0.25, 0.3) is 0 Å². The van der Waals surface area contributed by atoms with E-state index in [0.717, 1.165) is 0 Å². The molecule has 0 bridgehead atoms. The Kier molecular flexibility index (Phi) is 4.65. The maximum Gasteiger partial charge on any atom is 0.150 e. The second-order valence-corrected chi connectivity index (χ2v) is 2.43. The van der Waals surface area contributed by atoms with Crippen LogP contribution in [0.15, 0.2) is 10.1 Å². The molecular formula is C5H10IN3. The van der Waals surface area contributed by atoms with Crippen molar-refractivity contribution in [2.24, 2.45) is 21.9 Å². The third kappa shape index (κ3) is 3.45. The van der Waals surface area contributed by atoms with Gasteiger partial charge in [-0.05, 0) is 22.6 Å². The van der Waals surface area contributed by atoms with Crippen LogP contribution in [0.4, 0.5) is 0 Å². The summed E-state index contributed by atoms with van der Waals surface area (Å²) in [5, 5.41) is 3.49. The first-order chi connectivity index (χ1) is 4.22. The minimum Gasteiger partial charge on any atom is -0.322 e. The molecule has 0 aromatic rings. The first-order valence-electron chi connectivity index (χ1n) is 2.63. The fourth-order valence-electron chi connectivity index (χ4n) is 0.381. The van der Waals surface area contributed by atoms with Gasteiger partial charge in [-0.2, -0.15) is 5.10 Å². The van der Waals surface area contributed by atoms with Crippen LogP contribution in [0.5, 0.6) is 0 Å². The first-order valence-corrected chi connectivity index (χ1v) is 3.87. The molecule has 2 N–H and O–H groups in total. The summed E-state index contributed by atoms with van der Waals surface area (Å²) >= 11 is 2.03. The Morgan fingerprint density at radius 2 is 2.22 bits per heavy atom. The molecule has 0 aromatic heterocycles. The molecule has 0 spiro atoms. The Morgan fingerprint density at radius 1 is 1.67 bits per heavy atom. The van der Waals surface area contributed by atoms with Gasteiger partial charge in [-0.15, -0.1) is 0 Å². The van der Waals surface area contributed by atoms with Crippen LogP contribution in [0.3, 0.4) is 0 Å². The molecule has 52 valence electrons. The maximum atomic E-state index is 5.03. The van der Waals surface area contributed by atoms with E-state index < -0.39 is 0 Å². The predicted octanol–water partition coefficient (Wildman–Crippen LogP) is 1.38. The number of amidine groups is 1. The largest absolute Gasteiger partial charge is 0.322 e. The Labute approximate surface area is 68.6 Å². The van der Waals surface area contributed by atoms with Gasteiger partial charge in [0.1, 0.15) is 0 Å². The molecule has 0 aliphatic rings. The van der Waals surface area contributed by atoms with Gasteiger partial charge in [0.25, 0.3) is 0 Å². The quantitative estimate of drug-likeness (QED) is 0.243. The first kappa shape index (κ1) is 8.87. The summed E-state index contributed by atoms with van der Waals surface area (Å²) in [5.74, 6) is 6.02. The maximum absolute atomic E-state index is 5.03. The highest BCUT2D eigenvalue weighted by Gasteiger charge is 1.99. The number of aliphatic imine (C=N–C) groups is 1. The van der Waals surface area contributed by atoms with E-state index in [2.05, 4.69) is 10.1 Å². The van der Waals surface area contributed by atoms with Gasteiger partial charge in [0.05, 0.1) is 4.22 Å². The van der Waals surface area contributed by atoms with Crippen molar-refractivity contribution < 1.29 is 0 Å². The summed E-state index contributed by atoms with van der Waals surface area (Å²) in [6.07, 6.45) is 0. The summed E-state index contributed by atoms with van der Waals surface area (Å²) in [4.78, 5) is 3.93. The van der Waals surface area contributed by atoms with Crippen molar-refractivity contribution in [1.82, 2.24) is 0 Å². The van der Waals surface area contributed by atoms with Crippen LogP contribution in [0, 0.1) is 5.92 Å². The fraction of sp³-hybridized carbons (Fsp3) is 0.600. The van der Waals surface area contributed by atoms with E-state index in [0.29, 0.717) is 11.8 Å². The number of nitrogens with zero attached hydrogens (tertiary/aromatic N) is 2. The summed E-state index contributed by atoms with van der Waals surface area (Å²) < 4.78 is 1.66. The summed E-state index contributed by atoms with van der Waals surface area (Å²) in [7, 11) is 0. The lowest BCUT2D eigenvalue weighted by molar-refractivity contribution is 0.864. The van der Waals surface area contributed by atoms with Crippen molar-refractivity contribution in [1.29, 1.82) is 0 Å². The van der Waals surface area contributed by atoms with E-state index in [1.54, 1.807) is 4.22 Å². The minimum absolute atomic E-state index is 0.306. The zero-order valence-electron chi connectivity index (χ0n) is 5.50. The molecule has 4 heteroatoms. The highest BCUT2D eigenvalue weighted by Crippen LogP contribution is 1.96. The van der Waals surface area contributed by atoms with Gasteiger partial charge in [-0.25, -0.2) is 4.99 Å². The summed E-state index contributed by atoms with van der Waals surface area (Å²) in [6.45, 7) is 3.99.